The van der Waals surface area contributed by atoms with Crippen molar-refractivity contribution >= 4 is 0 Å². The molecule has 0 bridgehead atoms. The van der Waals surface area contributed by atoms with Crippen LogP contribution in [0.15, 0.2) is 12.3 Å². The van der Waals surface area contributed by atoms with E-state index in [1.807, 2.05) is 0 Å². The van der Waals surface area contributed by atoms with Crippen LogP contribution in [0.5, 0.6) is 0 Å². The molecule has 0 fully saturated rings. The van der Waals surface area contributed by atoms with E-state index in [0.717, 1.165) is 6.54 Å². The summed E-state index contributed by atoms with van der Waals surface area (Å²) in [4.78, 5) is 2.28. The molecule has 0 N–H and O–H groups in total. The van der Waals surface area contributed by atoms with Crippen molar-refractivity contribution in [1.82, 2.24) is 4.90 Å². The normalized spacial score (nSPS) is 10.1. The van der Waals surface area contributed by atoms with Gasteiger partial charge in [0.05, 0.1) is 0 Å². The molecule has 0 aromatic heterocycles. The largest absolute Gasteiger partial charge is 0.378 e. The molecule has 0 spiro atoms. The van der Waals surface area contributed by atoms with Crippen LogP contribution >= 0.6 is 0 Å². The van der Waals surface area contributed by atoms with Gasteiger partial charge in [0.2, 0.25) is 0 Å². The molecule has 0 aliphatic carbocycles. The van der Waals surface area contributed by atoms with E-state index in [4.69, 9.17) is 0 Å². The molecule has 0 heterocycles. The predicted octanol–water partition coefficient (Wildman–Crippen LogP) is 3.81. The van der Waals surface area contributed by atoms with Crippen molar-refractivity contribution in [3.05, 3.63) is 12.3 Å². The fraction of sp³-hybridized carbons (Fsp3) is 0.833. The Morgan fingerprint density at radius 2 is 1.77 bits per heavy atom. The second kappa shape index (κ2) is 8.15. The molecule has 0 aliphatic heterocycles. The van der Waals surface area contributed by atoms with E-state index in [-0.39, 0.29) is 0 Å². The van der Waals surface area contributed by atoms with Gasteiger partial charge in [-0.3, -0.25) is 0 Å². The molecule has 0 radical (unpaired) electrons. The number of unbranched alkanes of at least 4 members (excludes halogenated alkanes) is 3. The zero-order valence-corrected chi connectivity index (χ0v) is 9.60. The summed E-state index contributed by atoms with van der Waals surface area (Å²) >= 11 is 0. The molecule has 0 saturated carbocycles. The van der Waals surface area contributed by atoms with Crippen molar-refractivity contribution in [2.24, 2.45) is 0 Å². The van der Waals surface area contributed by atoms with Gasteiger partial charge in [0.15, 0.2) is 0 Å². The first-order valence-corrected chi connectivity index (χ1v) is 5.61. The van der Waals surface area contributed by atoms with Crippen LogP contribution in [-0.2, 0) is 0 Å². The Balaban J connectivity index is 3.38. The first-order valence-electron chi connectivity index (χ1n) is 5.61. The summed E-state index contributed by atoms with van der Waals surface area (Å²) < 4.78 is 0. The lowest BCUT2D eigenvalue weighted by molar-refractivity contribution is 0.397. The van der Waals surface area contributed by atoms with Crippen molar-refractivity contribution < 1.29 is 0 Å². The highest BCUT2D eigenvalue weighted by Crippen LogP contribution is 2.11. The maximum atomic E-state index is 4.10. The van der Waals surface area contributed by atoms with Gasteiger partial charge in [-0.25, -0.2) is 0 Å². The Morgan fingerprint density at radius 1 is 1.08 bits per heavy atom. The van der Waals surface area contributed by atoms with Crippen LogP contribution < -0.4 is 0 Å². The lowest BCUT2D eigenvalue weighted by Gasteiger charge is -2.20. The summed E-state index contributed by atoms with van der Waals surface area (Å²) in [6.45, 7) is 9.70. The monoisotopic (exact) mass is 183 g/mol. The molecule has 0 aliphatic rings. The Morgan fingerprint density at radius 3 is 2.31 bits per heavy atom. The third kappa shape index (κ3) is 6.68. The third-order valence-electron chi connectivity index (χ3n) is 2.42. The topological polar surface area (TPSA) is 3.24 Å². The fourth-order valence-corrected chi connectivity index (χ4v) is 1.44. The molecule has 0 unspecified atom stereocenters. The standard InChI is InChI=1S/C12H25N/c1-5-7-8-9-10-12(3)13(4)11-6-2/h3,5-11H2,1-2,4H3. The number of hydrogen-bond acceptors (Lipinski definition) is 1. The molecular weight excluding hydrogens is 158 g/mol. The van der Waals surface area contributed by atoms with Crippen LogP contribution in [0.2, 0.25) is 0 Å². The van der Waals surface area contributed by atoms with E-state index >= 15 is 0 Å². The minimum absolute atomic E-state index is 1.15. The van der Waals surface area contributed by atoms with Crippen LogP contribution in [-0.4, -0.2) is 18.5 Å². The average molecular weight is 183 g/mol. The lowest BCUT2D eigenvalue weighted by atomic mass is 10.1. The van der Waals surface area contributed by atoms with E-state index in [9.17, 15) is 0 Å². The highest BCUT2D eigenvalue weighted by Gasteiger charge is 1.99. The first-order chi connectivity index (χ1) is 6.22. The molecule has 0 aromatic rings. The van der Waals surface area contributed by atoms with Gasteiger partial charge in [-0.05, 0) is 19.3 Å². The van der Waals surface area contributed by atoms with Gasteiger partial charge in [-0.15, -0.1) is 0 Å². The van der Waals surface area contributed by atoms with Gasteiger partial charge >= 0.3 is 0 Å². The number of hydrogen-bond donors (Lipinski definition) is 0. The van der Waals surface area contributed by atoms with Gasteiger partial charge in [0.25, 0.3) is 0 Å². The molecule has 0 atom stereocenters. The first kappa shape index (κ1) is 12.5. The predicted molar refractivity (Wildman–Crippen MR) is 60.8 cm³/mol. The Bertz CT molecular complexity index is 129. The summed E-state index contributed by atoms with van der Waals surface area (Å²) in [6, 6.07) is 0. The maximum absolute atomic E-state index is 4.10. The summed E-state index contributed by atoms with van der Waals surface area (Å²) in [5.74, 6) is 0. The van der Waals surface area contributed by atoms with Gasteiger partial charge in [-0.1, -0.05) is 39.7 Å². The van der Waals surface area contributed by atoms with E-state index in [2.05, 4.69) is 32.4 Å². The maximum Gasteiger partial charge on any atom is 0.0168 e. The lowest BCUT2D eigenvalue weighted by Crippen LogP contribution is -2.17. The van der Waals surface area contributed by atoms with Gasteiger partial charge in [-0.2, -0.15) is 0 Å². The highest BCUT2D eigenvalue weighted by atomic mass is 15.1. The summed E-state index contributed by atoms with van der Waals surface area (Å²) in [7, 11) is 2.14. The Hall–Kier alpha value is -0.460. The quantitative estimate of drug-likeness (QED) is 0.517. The van der Waals surface area contributed by atoms with Crippen LogP contribution in [0.4, 0.5) is 0 Å². The zero-order valence-electron chi connectivity index (χ0n) is 9.60. The van der Waals surface area contributed by atoms with Crippen LogP contribution in [0.1, 0.15) is 52.4 Å². The van der Waals surface area contributed by atoms with Gasteiger partial charge in [0, 0.05) is 19.3 Å². The summed E-state index contributed by atoms with van der Waals surface area (Å²) in [6.07, 6.45) is 7.74. The smallest absolute Gasteiger partial charge is 0.0168 e. The van der Waals surface area contributed by atoms with Crippen LogP contribution in [0.25, 0.3) is 0 Å². The number of nitrogens with zero attached hydrogens (tertiary/aromatic N) is 1. The summed E-state index contributed by atoms with van der Waals surface area (Å²) in [5.41, 5.74) is 1.30. The van der Waals surface area contributed by atoms with E-state index < -0.39 is 0 Å². The van der Waals surface area contributed by atoms with Crippen molar-refractivity contribution in [2.75, 3.05) is 13.6 Å². The number of rotatable bonds is 8. The van der Waals surface area contributed by atoms with E-state index in [1.165, 1.54) is 44.2 Å². The van der Waals surface area contributed by atoms with E-state index in [0.29, 0.717) is 0 Å². The second-order valence-electron chi connectivity index (χ2n) is 3.80. The molecule has 13 heavy (non-hydrogen) atoms. The third-order valence-corrected chi connectivity index (χ3v) is 2.42. The van der Waals surface area contributed by atoms with Gasteiger partial charge < -0.3 is 4.90 Å². The molecule has 1 heteroatoms. The molecule has 0 rings (SSSR count). The zero-order chi connectivity index (χ0) is 10.1. The van der Waals surface area contributed by atoms with E-state index in [1.54, 1.807) is 0 Å². The molecule has 78 valence electrons. The van der Waals surface area contributed by atoms with Crippen molar-refractivity contribution in [2.45, 2.75) is 52.4 Å². The van der Waals surface area contributed by atoms with Crippen molar-refractivity contribution in [3.63, 3.8) is 0 Å². The van der Waals surface area contributed by atoms with Gasteiger partial charge in [0.1, 0.15) is 0 Å². The minimum atomic E-state index is 1.15. The van der Waals surface area contributed by atoms with Crippen LogP contribution in [0, 0.1) is 0 Å². The van der Waals surface area contributed by atoms with Crippen molar-refractivity contribution in [3.8, 4) is 0 Å². The molecule has 0 saturated heterocycles. The average Bonchev–Trinajstić information content (AvgIpc) is 2.12. The van der Waals surface area contributed by atoms with Crippen molar-refractivity contribution in [1.29, 1.82) is 0 Å². The highest BCUT2D eigenvalue weighted by molar-refractivity contribution is 4.91. The minimum Gasteiger partial charge on any atom is -0.378 e. The SMILES string of the molecule is C=C(CCCCCC)N(C)CCC. The Labute approximate surface area is 83.8 Å². The second-order valence-corrected chi connectivity index (χ2v) is 3.80. The summed E-state index contributed by atoms with van der Waals surface area (Å²) in [5, 5.41) is 0. The Kier molecular flexibility index (Phi) is 7.86. The fourth-order valence-electron chi connectivity index (χ4n) is 1.44. The van der Waals surface area contributed by atoms with Crippen LogP contribution in [0.3, 0.4) is 0 Å². The number of allylic oxidation sites excluding steroid dienone is 1. The molecule has 0 aromatic carbocycles. The molecule has 0 amide bonds. The molecule has 1 nitrogen and oxygen atoms in total. The molecular formula is C12H25N.